The summed E-state index contributed by atoms with van der Waals surface area (Å²) in [4.78, 5) is 0. The van der Waals surface area contributed by atoms with Crippen LogP contribution in [0.5, 0.6) is 0 Å². The van der Waals surface area contributed by atoms with Gasteiger partial charge in [-0.3, -0.25) is 0 Å². The molecule has 0 aliphatic heterocycles. The molecular formula is C15H31NO. The summed E-state index contributed by atoms with van der Waals surface area (Å²) < 4.78 is 5.76. The van der Waals surface area contributed by atoms with Crippen LogP contribution in [-0.2, 0) is 4.74 Å². The molecule has 1 atom stereocenters. The van der Waals surface area contributed by atoms with Gasteiger partial charge >= 0.3 is 0 Å². The maximum absolute atomic E-state index is 5.76. The molecule has 0 aromatic heterocycles. The summed E-state index contributed by atoms with van der Waals surface area (Å²) in [6.45, 7) is 2.27. The molecular weight excluding hydrogens is 210 g/mol. The Hall–Kier alpha value is -0.0800. The first-order valence-corrected chi connectivity index (χ1v) is 7.51. The van der Waals surface area contributed by atoms with Crippen molar-refractivity contribution in [3.05, 3.63) is 0 Å². The van der Waals surface area contributed by atoms with Gasteiger partial charge < -0.3 is 10.1 Å². The first kappa shape index (κ1) is 15.0. The molecule has 0 saturated heterocycles. The Labute approximate surface area is 108 Å². The van der Waals surface area contributed by atoms with E-state index in [0.29, 0.717) is 6.04 Å². The standard InChI is InChI=1S/C15H31NO/c1-4-5-6-7-8-9-11-14(16-2)15(17-3)12-10-13-15/h14,16H,4-13H2,1-3H3. The fourth-order valence-electron chi connectivity index (χ4n) is 3.02. The van der Waals surface area contributed by atoms with Gasteiger partial charge in [-0.1, -0.05) is 45.4 Å². The van der Waals surface area contributed by atoms with Crippen LogP contribution in [0.25, 0.3) is 0 Å². The van der Waals surface area contributed by atoms with Crippen molar-refractivity contribution >= 4 is 0 Å². The predicted molar refractivity (Wildman–Crippen MR) is 74.4 cm³/mol. The Bertz CT molecular complexity index is 184. The smallest absolute Gasteiger partial charge is 0.0830 e. The first-order chi connectivity index (χ1) is 8.29. The van der Waals surface area contributed by atoms with E-state index in [-0.39, 0.29) is 5.60 Å². The minimum Gasteiger partial charge on any atom is -0.377 e. The van der Waals surface area contributed by atoms with Crippen LogP contribution in [0.3, 0.4) is 0 Å². The molecule has 0 aromatic rings. The SMILES string of the molecule is CCCCCCCCC(NC)C1(OC)CCC1. The third-order valence-electron chi connectivity index (χ3n) is 4.44. The predicted octanol–water partition coefficient (Wildman–Crippen LogP) is 3.89. The van der Waals surface area contributed by atoms with E-state index in [2.05, 4.69) is 19.3 Å². The van der Waals surface area contributed by atoms with Crippen molar-refractivity contribution < 1.29 is 4.74 Å². The second-order valence-corrected chi connectivity index (χ2v) is 5.52. The van der Waals surface area contributed by atoms with Gasteiger partial charge in [0.25, 0.3) is 0 Å². The van der Waals surface area contributed by atoms with Gasteiger partial charge in [-0.15, -0.1) is 0 Å². The maximum Gasteiger partial charge on any atom is 0.0830 e. The number of nitrogens with one attached hydrogen (secondary N) is 1. The molecule has 17 heavy (non-hydrogen) atoms. The van der Waals surface area contributed by atoms with Crippen LogP contribution >= 0.6 is 0 Å². The summed E-state index contributed by atoms with van der Waals surface area (Å²) in [6.07, 6.45) is 13.4. The van der Waals surface area contributed by atoms with Crippen molar-refractivity contribution in [1.29, 1.82) is 0 Å². The highest BCUT2D eigenvalue weighted by Crippen LogP contribution is 2.39. The monoisotopic (exact) mass is 241 g/mol. The Morgan fingerprint density at radius 1 is 1.12 bits per heavy atom. The summed E-state index contributed by atoms with van der Waals surface area (Å²) in [7, 11) is 3.96. The molecule has 2 heteroatoms. The molecule has 0 heterocycles. The number of hydrogen-bond acceptors (Lipinski definition) is 2. The van der Waals surface area contributed by atoms with Gasteiger partial charge in [0.1, 0.15) is 0 Å². The van der Waals surface area contributed by atoms with Crippen molar-refractivity contribution in [2.24, 2.45) is 0 Å². The van der Waals surface area contributed by atoms with Crippen LogP contribution in [0.4, 0.5) is 0 Å². The second kappa shape index (κ2) is 8.10. The van der Waals surface area contributed by atoms with Gasteiger partial charge in [0, 0.05) is 13.2 Å². The molecule has 1 unspecified atom stereocenters. The number of rotatable bonds is 10. The second-order valence-electron chi connectivity index (χ2n) is 5.52. The van der Waals surface area contributed by atoms with Gasteiger partial charge in [0.05, 0.1) is 5.60 Å². The fourth-order valence-corrected chi connectivity index (χ4v) is 3.02. The van der Waals surface area contributed by atoms with Gasteiger partial charge in [0.15, 0.2) is 0 Å². The summed E-state index contributed by atoms with van der Waals surface area (Å²) in [5.41, 5.74) is 0.165. The highest BCUT2D eigenvalue weighted by atomic mass is 16.5. The molecule has 0 aromatic carbocycles. The molecule has 1 rings (SSSR count). The lowest BCUT2D eigenvalue weighted by Crippen LogP contribution is -2.55. The minimum atomic E-state index is 0.165. The summed E-state index contributed by atoms with van der Waals surface area (Å²) in [5.74, 6) is 0. The minimum absolute atomic E-state index is 0.165. The van der Waals surface area contributed by atoms with Gasteiger partial charge in [-0.2, -0.15) is 0 Å². The molecule has 1 aliphatic rings. The van der Waals surface area contributed by atoms with E-state index >= 15 is 0 Å². The van der Waals surface area contributed by atoms with Crippen molar-refractivity contribution in [1.82, 2.24) is 5.32 Å². The molecule has 2 nitrogen and oxygen atoms in total. The zero-order chi connectivity index (χ0) is 12.6. The van der Waals surface area contributed by atoms with Gasteiger partial charge in [-0.05, 0) is 32.7 Å². The molecule has 1 saturated carbocycles. The van der Waals surface area contributed by atoms with Gasteiger partial charge in [0.2, 0.25) is 0 Å². The maximum atomic E-state index is 5.76. The van der Waals surface area contributed by atoms with E-state index in [9.17, 15) is 0 Å². The number of unbranched alkanes of at least 4 members (excludes halogenated alkanes) is 5. The summed E-state index contributed by atoms with van der Waals surface area (Å²) in [5, 5.41) is 3.47. The Balaban J connectivity index is 2.14. The van der Waals surface area contributed by atoms with Crippen LogP contribution in [0.1, 0.15) is 71.1 Å². The summed E-state index contributed by atoms with van der Waals surface area (Å²) >= 11 is 0. The Kier molecular flexibility index (Phi) is 7.14. The third kappa shape index (κ3) is 4.26. The van der Waals surface area contributed by atoms with Crippen molar-refractivity contribution in [2.75, 3.05) is 14.2 Å². The van der Waals surface area contributed by atoms with E-state index in [4.69, 9.17) is 4.74 Å². The molecule has 1 fully saturated rings. The molecule has 0 radical (unpaired) electrons. The van der Waals surface area contributed by atoms with Crippen LogP contribution in [-0.4, -0.2) is 25.8 Å². The molecule has 102 valence electrons. The lowest BCUT2D eigenvalue weighted by Gasteiger charge is -2.46. The Morgan fingerprint density at radius 3 is 2.24 bits per heavy atom. The number of methoxy groups -OCH3 is 1. The first-order valence-electron chi connectivity index (χ1n) is 7.51. The largest absolute Gasteiger partial charge is 0.377 e. The highest BCUT2D eigenvalue weighted by molar-refractivity contribution is 4.98. The van der Waals surface area contributed by atoms with Crippen LogP contribution < -0.4 is 5.32 Å². The van der Waals surface area contributed by atoms with Crippen LogP contribution in [0, 0.1) is 0 Å². The third-order valence-corrected chi connectivity index (χ3v) is 4.44. The van der Waals surface area contributed by atoms with Crippen LogP contribution in [0.2, 0.25) is 0 Å². The van der Waals surface area contributed by atoms with Crippen LogP contribution in [0.15, 0.2) is 0 Å². The normalized spacial score (nSPS) is 19.9. The quantitative estimate of drug-likeness (QED) is 0.586. The average Bonchev–Trinajstić information content (AvgIpc) is 2.30. The van der Waals surface area contributed by atoms with Crippen molar-refractivity contribution in [3.63, 3.8) is 0 Å². The molecule has 0 spiro atoms. The lowest BCUT2D eigenvalue weighted by atomic mass is 9.73. The zero-order valence-electron chi connectivity index (χ0n) is 12.1. The molecule has 0 amide bonds. The lowest BCUT2D eigenvalue weighted by molar-refractivity contribution is -0.0988. The van der Waals surface area contributed by atoms with Crippen molar-refractivity contribution in [2.45, 2.75) is 82.8 Å². The molecule has 1 N–H and O–H groups in total. The summed E-state index contributed by atoms with van der Waals surface area (Å²) in [6, 6.07) is 0.562. The topological polar surface area (TPSA) is 21.3 Å². The van der Waals surface area contributed by atoms with E-state index in [1.165, 1.54) is 64.2 Å². The fraction of sp³-hybridized carbons (Fsp3) is 1.00. The highest BCUT2D eigenvalue weighted by Gasteiger charge is 2.43. The van der Waals surface area contributed by atoms with E-state index < -0.39 is 0 Å². The zero-order valence-corrected chi connectivity index (χ0v) is 12.1. The van der Waals surface area contributed by atoms with E-state index in [0.717, 1.165) is 0 Å². The van der Waals surface area contributed by atoms with Crippen molar-refractivity contribution in [3.8, 4) is 0 Å². The number of likely N-dealkylation sites (N-methyl/N-ethyl adjacent to an activating group) is 1. The van der Waals surface area contributed by atoms with E-state index in [1.807, 2.05) is 7.11 Å². The Morgan fingerprint density at radius 2 is 1.76 bits per heavy atom. The van der Waals surface area contributed by atoms with Gasteiger partial charge in [-0.25, -0.2) is 0 Å². The number of ether oxygens (including phenoxy) is 1. The molecule has 1 aliphatic carbocycles. The number of hydrogen-bond donors (Lipinski definition) is 1. The molecule has 0 bridgehead atoms. The van der Waals surface area contributed by atoms with E-state index in [1.54, 1.807) is 0 Å². The average molecular weight is 241 g/mol.